The zero-order chi connectivity index (χ0) is 15.2. The molecule has 0 bridgehead atoms. The number of aliphatic carboxylic acids is 1. The largest absolute Gasteiger partial charge is 0.480 e. The van der Waals surface area contributed by atoms with E-state index < -0.39 is 11.5 Å². The van der Waals surface area contributed by atoms with Crippen LogP contribution in [0.25, 0.3) is 0 Å². The first-order valence-electron chi connectivity index (χ1n) is 7.61. The van der Waals surface area contributed by atoms with Gasteiger partial charge in [0.25, 0.3) is 0 Å². The summed E-state index contributed by atoms with van der Waals surface area (Å²) < 4.78 is 5.59. The first-order chi connectivity index (χ1) is 9.41. The van der Waals surface area contributed by atoms with E-state index in [1.165, 1.54) is 0 Å². The third kappa shape index (κ3) is 4.17. The highest BCUT2D eigenvalue weighted by atomic mass is 16.5. The Bertz CT molecular complexity index is 318. The number of carbonyl (C=O) groups is 1. The number of ether oxygens (including phenoxy) is 1. The van der Waals surface area contributed by atoms with Gasteiger partial charge in [-0.05, 0) is 59.2 Å². The van der Waals surface area contributed by atoms with Crippen LogP contribution in [0.2, 0.25) is 0 Å². The van der Waals surface area contributed by atoms with Gasteiger partial charge < -0.3 is 20.1 Å². The first kappa shape index (κ1) is 17.4. The molecule has 0 saturated carbocycles. The van der Waals surface area contributed by atoms with Crippen LogP contribution in [0.4, 0.5) is 0 Å². The lowest BCUT2D eigenvalue weighted by molar-refractivity contribution is -0.145. The molecule has 0 aliphatic carbocycles. The fourth-order valence-corrected chi connectivity index (χ4v) is 3.11. The van der Waals surface area contributed by atoms with Crippen molar-refractivity contribution in [3.63, 3.8) is 0 Å². The molecule has 0 spiro atoms. The van der Waals surface area contributed by atoms with Crippen molar-refractivity contribution in [2.75, 3.05) is 33.8 Å². The second kappa shape index (κ2) is 7.38. The maximum absolute atomic E-state index is 11.4. The minimum absolute atomic E-state index is 0.0457. The van der Waals surface area contributed by atoms with E-state index in [2.05, 4.69) is 17.1 Å². The van der Waals surface area contributed by atoms with Crippen LogP contribution in [0.15, 0.2) is 0 Å². The molecule has 1 rings (SSSR count). The lowest BCUT2D eigenvalue weighted by Crippen LogP contribution is -2.51. The summed E-state index contributed by atoms with van der Waals surface area (Å²) in [6.07, 6.45) is 4.41. The van der Waals surface area contributed by atoms with Crippen molar-refractivity contribution >= 4 is 5.97 Å². The van der Waals surface area contributed by atoms with Gasteiger partial charge >= 0.3 is 5.97 Å². The lowest BCUT2D eigenvalue weighted by atomic mass is 9.90. The number of carboxylic acids is 1. The molecule has 0 amide bonds. The molecule has 2 N–H and O–H groups in total. The van der Waals surface area contributed by atoms with Crippen LogP contribution in [0, 0.1) is 0 Å². The monoisotopic (exact) mass is 286 g/mol. The van der Waals surface area contributed by atoms with E-state index in [9.17, 15) is 9.90 Å². The van der Waals surface area contributed by atoms with Gasteiger partial charge in [-0.25, -0.2) is 0 Å². The maximum Gasteiger partial charge on any atom is 0.323 e. The number of hydrogen-bond donors (Lipinski definition) is 2. The van der Waals surface area contributed by atoms with Gasteiger partial charge in [0.15, 0.2) is 0 Å². The number of likely N-dealkylation sites (tertiary alicyclic amines) is 1. The summed E-state index contributed by atoms with van der Waals surface area (Å²) in [5, 5.41) is 12.4. The smallest absolute Gasteiger partial charge is 0.323 e. The van der Waals surface area contributed by atoms with Crippen LogP contribution >= 0.6 is 0 Å². The molecule has 1 aliphatic heterocycles. The average molecular weight is 286 g/mol. The number of piperidine rings is 1. The van der Waals surface area contributed by atoms with Gasteiger partial charge in [0.05, 0.1) is 5.60 Å². The van der Waals surface area contributed by atoms with E-state index in [4.69, 9.17) is 4.74 Å². The molecule has 1 aliphatic rings. The normalized spacial score (nSPS) is 27.2. The first-order valence-corrected chi connectivity index (χ1v) is 7.61. The zero-order valence-corrected chi connectivity index (χ0v) is 13.4. The van der Waals surface area contributed by atoms with Gasteiger partial charge in [-0.15, -0.1) is 0 Å². The Labute approximate surface area is 122 Å². The topological polar surface area (TPSA) is 61.8 Å². The fourth-order valence-electron chi connectivity index (χ4n) is 3.11. The van der Waals surface area contributed by atoms with E-state index >= 15 is 0 Å². The molecule has 1 fully saturated rings. The Hall–Kier alpha value is -0.650. The summed E-state index contributed by atoms with van der Waals surface area (Å²) in [5.74, 6) is -0.747. The standard InChI is InChI=1S/C15H30N2O3/c1-5-15(16-3,13(18)19)9-7-11-17-10-6-8-14(2,12-17)20-4/h16H,5-12H2,1-4H3,(H,18,19). The van der Waals surface area contributed by atoms with Crippen molar-refractivity contribution in [1.29, 1.82) is 0 Å². The van der Waals surface area contributed by atoms with Gasteiger partial charge in [0, 0.05) is 13.7 Å². The van der Waals surface area contributed by atoms with Crippen molar-refractivity contribution in [3.05, 3.63) is 0 Å². The molecule has 1 heterocycles. The molecule has 0 aromatic heterocycles. The van der Waals surface area contributed by atoms with Crippen LogP contribution in [0.5, 0.6) is 0 Å². The number of methoxy groups -OCH3 is 1. The quantitative estimate of drug-likeness (QED) is 0.711. The molecule has 118 valence electrons. The zero-order valence-electron chi connectivity index (χ0n) is 13.4. The van der Waals surface area contributed by atoms with Crippen LogP contribution in [-0.2, 0) is 9.53 Å². The summed E-state index contributed by atoms with van der Waals surface area (Å²) in [6.45, 7) is 7.05. The molecule has 0 aromatic carbocycles. The Morgan fingerprint density at radius 2 is 2.25 bits per heavy atom. The molecule has 2 atom stereocenters. The highest BCUT2D eigenvalue weighted by molar-refractivity contribution is 5.78. The van der Waals surface area contributed by atoms with Gasteiger partial charge in [-0.1, -0.05) is 6.92 Å². The Kier molecular flexibility index (Phi) is 6.43. The predicted molar refractivity (Wildman–Crippen MR) is 80.0 cm³/mol. The van der Waals surface area contributed by atoms with Crippen molar-refractivity contribution in [1.82, 2.24) is 10.2 Å². The van der Waals surface area contributed by atoms with Crippen molar-refractivity contribution in [2.24, 2.45) is 0 Å². The number of carboxylic acid groups (broad SMARTS) is 1. The van der Waals surface area contributed by atoms with Crippen molar-refractivity contribution in [3.8, 4) is 0 Å². The van der Waals surface area contributed by atoms with Crippen LogP contribution in [0.1, 0.15) is 46.0 Å². The SMILES string of the molecule is CCC(CCCN1CCCC(C)(OC)C1)(NC)C(=O)O. The summed E-state index contributed by atoms with van der Waals surface area (Å²) in [5.41, 5.74) is -0.823. The molecule has 20 heavy (non-hydrogen) atoms. The van der Waals surface area contributed by atoms with Gasteiger partial charge in [0.1, 0.15) is 5.54 Å². The third-order valence-electron chi connectivity index (χ3n) is 4.80. The van der Waals surface area contributed by atoms with Crippen LogP contribution in [-0.4, -0.2) is 60.9 Å². The number of rotatable bonds is 8. The minimum Gasteiger partial charge on any atom is -0.480 e. The highest BCUT2D eigenvalue weighted by Crippen LogP contribution is 2.25. The van der Waals surface area contributed by atoms with Gasteiger partial charge in [-0.2, -0.15) is 0 Å². The molecular formula is C15H30N2O3. The number of hydrogen-bond acceptors (Lipinski definition) is 4. The van der Waals surface area contributed by atoms with E-state index in [0.29, 0.717) is 12.8 Å². The minimum atomic E-state index is -0.777. The molecule has 5 nitrogen and oxygen atoms in total. The van der Waals surface area contributed by atoms with E-state index in [-0.39, 0.29) is 5.60 Å². The Balaban J connectivity index is 2.45. The Morgan fingerprint density at radius 1 is 1.55 bits per heavy atom. The average Bonchev–Trinajstić information content (AvgIpc) is 2.44. The van der Waals surface area contributed by atoms with E-state index in [1.54, 1.807) is 14.2 Å². The van der Waals surface area contributed by atoms with Crippen molar-refractivity contribution < 1.29 is 14.6 Å². The van der Waals surface area contributed by atoms with Crippen LogP contribution < -0.4 is 5.32 Å². The summed E-state index contributed by atoms with van der Waals surface area (Å²) in [4.78, 5) is 13.8. The Morgan fingerprint density at radius 3 is 2.75 bits per heavy atom. The van der Waals surface area contributed by atoms with Crippen molar-refractivity contribution in [2.45, 2.75) is 57.1 Å². The van der Waals surface area contributed by atoms with E-state index in [1.807, 2.05) is 6.92 Å². The third-order valence-corrected chi connectivity index (χ3v) is 4.80. The second-order valence-electron chi connectivity index (χ2n) is 6.13. The fraction of sp³-hybridized carbons (Fsp3) is 0.933. The molecule has 5 heteroatoms. The molecule has 1 saturated heterocycles. The van der Waals surface area contributed by atoms with Gasteiger partial charge in [-0.3, -0.25) is 4.79 Å². The number of nitrogens with zero attached hydrogens (tertiary/aromatic N) is 1. The molecule has 0 aromatic rings. The summed E-state index contributed by atoms with van der Waals surface area (Å²) in [7, 11) is 3.51. The van der Waals surface area contributed by atoms with E-state index in [0.717, 1.165) is 38.9 Å². The van der Waals surface area contributed by atoms with Gasteiger partial charge in [0.2, 0.25) is 0 Å². The number of nitrogens with one attached hydrogen (secondary N) is 1. The second-order valence-corrected chi connectivity index (χ2v) is 6.13. The maximum atomic E-state index is 11.4. The summed E-state index contributed by atoms with van der Waals surface area (Å²) >= 11 is 0. The summed E-state index contributed by atoms with van der Waals surface area (Å²) in [6, 6.07) is 0. The lowest BCUT2D eigenvalue weighted by Gasteiger charge is -2.40. The molecular weight excluding hydrogens is 256 g/mol. The predicted octanol–water partition coefficient (Wildman–Crippen LogP) is 1.72. The molecule has 2 unspecified atom stereocenters. The molecule has 0 radical (unpaired) electrons. The van der Waals surface area contributed by atoms with Crippen LogP contribution in [0.3, 0.4) is 0 Å². The number of likely N-dealkylation sites (N-methyl/N-ethyl adjacent to an activating group) is 1. The highest BCUT2D eigenvalue weighted by Gasteiger charge is 2.35.